The van der Waals surface area contributed by atoms with Gasteiger partial charge in [0.05, 0.1) is 0 Å². The molecule has 0 unspecified atom stereocenters. The molecule has 2 aromatic carbocycles. The molecule has 1 heterocycles. The molecule has 1 saturated heterocycles. The van der Waals surface area contributed by atoms with Gasteiger partial charge < -0.3 is 25.0 Å². The normalized spacial score (nSPS) is 20.3. The number of hydrogen-bond donors (Lipinski definition) is 3. The maximum absolute atomic E-state index is 12.4. The minimum atomic E-state index is -0.997. The van der Waals surface area contributed by atoms with Crippen molar-refractivity contribution in [3.05, 3.63) is 60.2 Å². The molecule has 170 valence electrons. The number of nitrogens with one attached hydrogen (secondary N) is 1. The fourth-order valence-corrected chi connectivity index (χ4v) is 4.06. The highest BCUT2D eigenvalue weighted by Gasteiger charge is 2.37. The molecule has 32 heavy (non-hydrogen) atoms. The van der Waals surface area contributed by atoms with E-state index in [2.05, 4.69) is 5.32 Å². The smallest absolute Gasteiger partial charge is 0.306 e. The Kier molecular flexibility index (Phi) is 8.21. The third-order valence-corrected chi connectivity index (χ3v) is 5.60. The SMILES string of the molecule is O=C(O)C[C@H]1CNC[C@@H](CC(=O)OCc2ccc(Oc3ccccc3)cc2)[C@@H]1CC(=O)O. The van der Waals surface area contributed by atoms with Crippen molar-refractivity contribution in [2.24, 2.45) is 17.8 Å². The summed E-state index contributed by atoms with van der Waals surface area (Å²) in [4.78, 5) is 34.8. The fourth-order valence-electron chi connectivity index (χ4n) is 4.06. The third-order valence-electron chi connectivity index (χ3n) is 5.60. The summed E-state index contributed by atoms with van der Waals surface area (Å²) >= 11 is 0. The van der Waals surface area contributed by atoms with Gasteiger partial charge in [-0.05, 0) is 60.7 Å². The topological polar surface area (TPSA) is 122 Å². The molecule has 8 nitrogen and oxygen atoms in total. The van der Waals surface area contributed by atoms with Crippen LogP contribution in [0.4, 0.5) is 0 Å². The van der Waals surface area contributed by atoms with Gasteiger partial charge in [0, 0.05) is 19.3 Å². The van der Waals surface area contributed by atoms with E-state index >= 15 is 0 Å². The molecule has 0 radical (unpaired) electrons. The Morgan fingerprint density at radius 1 is 0.812 bits per heavy atom. The summed E-state index contributed by atoms with van der Waals surface area (Å²) in [6, 6.07) is 16.6. The van der Waals surface area contributed by atoms with Gasteiger partial charge in [0.25, 0.3) is 0 Å². The first-order valence-corrected chi connectivity index (χ1v) is 10.5. The number of carboxylic acids is 2. The Hall–Kier alpha value is -3.39. The summed E-state index contributed by atoms with van der Waals surface area (Å²) in [6.45, 7) is 0.967. The second-order valence-corrected chi connectivity index (χ2v) is 7.96. The van der Waals surface area contributed by atoms with E-state index in [4.69, 9.17) is 14.6 Å². The number of aliphatic carboxylic acids is 2. The summed E-state index contributed by atoms with van der Waals surface area (Å²) < 4.78 is 11.1. The molecule has 1 aliphatic rings. The van der Waals surface area contributed by atoms with Crippen molar-refractivity contribution in [2.75, 3.05) is 13.1 Å². The molecule has 0 spiro atoms. The van der Waals surface area contributed by atoms with E-state index in [1.54, 1.807) is 12.1 Å². The quantitative estimate of drug-likeness (QED) is 0.480. The molecule has 3 rings (SSSR count). The zero-order chi connectivity index (χ0) is 22.9. The minimum Gasteiger partial charge on any atom is -0.481 e. The van der Waals surface area contributed by atoms with Crippen LogP contribution < -0.4 is 10.1 Å². The van der Waals surface area contributed by atoms with Gasteiger partial charge in [0.1, 0.15) is 18.1 Å². The molecular formula is C24H27NO7. The number of esters is 1. The fraction of sp³-hybridized carbons (Fsp3) is 0.375. The van der Waals surface area contributed by atoms with Gasteiger partial charge in [-0.3, -0.25) is 14.4 Å². The maximum atomic E-state index is 12.4. The second-order valence-electron chi connectivity index (χ2n) is 7.96. The van der Waals surface area contributed by atoms with E-state index in [9.17, 15) is 19.5 Å². The van der Waals surface area contributed by atoms with Crippen molar-refractivity contribution in [3.63, 3.8) is 0 Å². The number of rotatable bonds is 10. The van der Waals surface area contributed by atoms with Gasteiger partial charge in [-0.2, -0.15) is 0 Å². The van der Waals surface area contributed by atoms with Gasteiger partial charge >= 0.3 is 17.9 Å². The first kappa shape index (κ1) is 23.3. The number of carbonyl (C=O) groups excluding carboxylic acids is 1. The van der Waals surface area contributed by atoms with Crippen LogP contribution in [-0.2, 0) is 25.7 Å². The van der Waals surface area contributed by atoms with Crippen LogP contribution >= 0.6 is 0 Å². The lowest BCUT2D eigenvalue weighted by Crippen LogP contribution is -2.45. The third kappa shape index (κ3) is 7.09. The van der Waals surface area contributed by atoms with Crippen LogP contribution in [0.15, 0.2) is 54.6 Å². The predicted octanol–water partition coefficient (Wildman–Crippen LogP) is 3.31. The molecule has 1 aliphatic heterocycles. The molecule has 3 N–H and O–H groups in total. The Morgan fingerprint density at radius 3 is 2.03 bits per heavy atom. The van der Waals surface area contributed by atoms with E-state index in [-0.39, 0.29) is 37.7 Å². The van der Waals surface area contributed by atoms with E-state index in [0.717, 1.165) is 11.3 Å². The van der Waals surface area contributed by atoms with Gasteiger partial charge in [-0.1, -0.05) is 30.3 Å². The Bertz CT molecular complexity index is 914. The number of para-hydroxylation sites is 1. The number of carbonyl (C=O) groups is 3. The van der Waals surface area contributed by atoms with Crippen molar-refractivity contribution < 1.29 is 34.1 Å². The van der Waals surface area contributed by atoms with Gasteiger partial charge in [-0.15, -0.1) is 0 Å². The van der Waals surface area contributed by atoms with Crippen LogP contribution in [0.2, 0.25) is 0 Å². The minimum absolute atomic E-state index is 0.0380. The molecule has 1 fully saturated rings. The highest BCUT2D eigenvalue weighted by molar-refractivity contribution is 5.71. The van der Waals surface area contributed by atoms with Crippen LogP contribution in [0.25, 0.3) is 0 Å². The monoisotopic (exact) mass is 441 g/mol. The molecule has 0 saturated carbocycles. The highest BCUT2D eigenvalue weighted by Crippen LogP contribution is 2.32. The molecule has 2 aromatic rings. The van der Waals surface area contributed by atoms with E-state index in [0.29, 0.717) is 18.8 Å². The van der Waals surface area contributed by atoms with Crippen LogP contribution in [0.5, 0.6) is 11.5 Å². The number of carboxylic acid groups (broad SMARTS) is 2. The maximum Gasteiger partial charge on any atom is 0.306 e. The van der Waals surface area contributed by atoms with Crippen LogP contribution in [0.1, 0.15) is 24.8 Å². The zero-order valence-corrected chi connectivity index (χ0v) is 17.6. The van der Waals surface area contributed by atoms with E-state index in [1.807, 2.05) is 42.5 Å². The number of hydrogen-bond acceptors (Lipinski definition) is 6. The number of piperidine rings is 1. The van der Waals surface area contributed by atoms with Crippen LogP contribution in [0.3, 0.4) is 0 Å². The van der Waals surface area contributed by atoms with E-state index in [1.165, 1.54) is 0 Å². The molecular weight excluding hydrogens is 414 g/mol. The first-order chi connectivity index (χ1) is 15.4. The summed E-state index contributed by atoms with van der Waals surface area (Å²) in [5.74, 6) is -2.05. The van der Waals surface area contributed by atoms with E-state index < -0.39 is 23.8 Å². The predicted molar refractivity (Wildman–Crippen MR) is 115 cm³/mol. The summed E-state index contributed by atoms with van der Waals surface area (Å²) in [7, 11) is 0. The van der Waals surface area contributed by atoms with Crippen LogP contribution in [-0.4, -0.2) is 41.2 Å². The Morgan fingerprint density at radius 2 is 1.41 bits per heavy atom. The first-order valence-electron chi connectivity index (χ1n) is 10.5. The second kappa shape index (κ2) is 11.3. The molecule has 8 heteroatoms. The summed E-state index contributed by atoms with van der Waals surface area (Å²) in [5.41, 5.74) is 0.798. The molecule has 3 atom stereocenters. The molecule has 0 aliphatic carbocycles. The molecule has 0 amide bonds. The number of ether oxygens (including phenoxy) is 2. The van der Waals surface area contributed by atoms with Crippen molar-refractivity contribution in [2.45, 2.75) is 25.9 Å². The Labute approximate surface area is 186 Å². The van der Waals surface area contributed by atoms with Gasteiger partial charge in [0.2, 0.25) is 0 Å². The molecule has 0 aromatic heterocycles. The van der Waals surface area contributed by atoms with Crippen molar-refractivity contribution in [3.8, 4) is 11.5 Å². The average Bonchev–Trinajstić information content (AvgIpc) is 2.75. The lowest BCUT2D eigenvalue weighted by atomic mass is 9.73. The lowest BCUT2D eigenvalue weighted by molar-refractivity contribution is -0.149. The lowest BCUT2D eigenvalue weighted by Gasteiger charge is -2.37. The Balaban J connectivity index is 1.52. The zero-order valence-electron chi connectivity index (χ0n) is 17.6. The average molecular weight is 441 g/mol. The number of benzene rings is 2. The largest absolute Gasteiger partial charge is 0.481 e. The molecule has 0 bridgehead atoms. The van der Waals surface area contributed by atoms with Crippen molar-refractivity contribution >= 4 is 17.9 Å². The summed E-state index contributed by atoms with van der Waals surface area (Å²) in [5, 5.41) is 21.5. The standard InChI is InChI=1S/C24H27NO7/c26-22(27)10-17-13-25-14-18(21(17)12-23(28)29)11-24(30)31-15-16-6-8-20(9-7-16)32-19-4-2-1-3-5-19/h1-9,17-18,21,25H,10-15H2,(H,26,27)(H,28,29)/t17-,18+,21+/m0/s1. The van der Waals surface area contributed by atoms with Crippen molar-refractivity contribution in [1.82, 2.24) is 5.32 Å². The highest BCUT2D eigenvalue weighted by atomic mass is 16.5. The van der Waals surface area contributed by atoms with Crippen molar-refractivity contribution in [1.29, 1.82) is 0 Å². The summed E-state index contributed by atoms with van der Waals surface area (Å²) in [6.07, 6.45) is -0.259. The van der Waals surface area contributed by atoms with Gasteiger partial charge in [-0.25, -0.2) is 0 Å². The van der Waals surface area contributed by atoms with Crippen LogP contribution in [0, 0.1) is 17.8 Å². The van der Waals surface area contributed by atoms with Gasteiger partial charge in [0.15, 0.2) is 0 Å².